The van der Waals surface area contributed by atoms with E-state index in [1.807, 2.05) is 0 Å². The molecule has 168 valence electrons. The largest absolute Gasteiger partial charge is 0.496 e. The third-order valence-electron chi connectivity index (χ3n) is 4.97. The molecular weight excluding hydrogens is 436 g/mol. The van der Waals surface area contributed by atoms with Gasteiger partial charge >= 0.3 is 0 Å². The Morgan fingerprint density at radius 1 is 1.16 bits per heavy atom. The van der Waals surface area contributed by atoms with Crippen LogP contribution in [0.4, 0.5) is 5.69 Å². The number of nitrogens with one attached hydrogen (secondary N) is 1. The van der Waals surface area contributed by atoms with Crippen LogP contribution in [0.5, 0.6) is 5.75 Å². The molecule has 10 nitrogen and oxygen atoms in total. The number of amides is 1. The van der Waals surface area contributed by atoms with Gasteiger partial charge in [0.15, 0.2) is 0 Å². The SMILES string of the molecule is COc1ccc(S(=O)(=O)N2CCOCC2)cc1C(=O)Nc1ccccc1-c1noc(C)n1. The number of para-hydroxylation sites is 1. The van der Waals surface area contributed by atoms with Crippen molar-refractivity contribution in [1.29, 1.82) is 0 Å². The molecule has 4 rings (SSSR count). The lowest BCUT2D eigenvalue weighted by atomic mass is 10.1. The fraction of sp³-hybridized carbons (Fsp3) is 0.286. The molecule has 1 aromatic heterocycles. The standard InChI is InChI=1S/C21H22N4O6S/c1-14-22-20(24-31-14)16-5-3-4-6-18(16)23-21(26)17-13-15(7-8-19(17)29-2)32(27,28)25-9-11-30-12-10-25/h3-8,13H,9-12H2,1-2H3,(H,23,26). The van der Waals surface area contributed by atoms with E-state index in [0.29, 0.717) is 36.2 Å². The van der Waals surface area contributed by atoms with E-state index < -0.39 is 15.9 Å². The quantitative estimate of drug-likeness (QED) is 0.597. The number of hydrogen-bond donors (Lipinski definition) is 1. The van der Waals surface area contributed by atoms with Crippen molar-refractivity contribution in [3.05, 3.63) is 53.9 Å². The van der Waals surface area contributed by atoms with Crippen molar-refractivity contribution < 1.29 is 27.2 Å². The number of nitrogens with zero attached hydrogens (tertiary/aromatic N) is 3. The molecule has 1 N–H and O–H groups in total. The third-order valence-corrected chi connectivity index (χ3v) is 6.86. The second-order valence-electron chi connectivity index (χ2n) is 7.02. The highest BCUT2D eigenvalue weighted by molar-refractivity contribution is 7.89. The van der Waals surface area contributed by atoms with E-state index in [2.05, 4.69) is 15.5 Å². The lowest BCUT2D eigenvalue weighted by Crippen LogP contribution is -2.40. The molecule has 11 heteroatoms. The third kappa shape index (κ3) is 4.35. The Bertz CT molecular complexity index is 1230. The smallest absolute Gasteiger partial charge is 0.259 e. The van der Waals surface area contributed by atoms with Crippen LogP contribution in [0.25, 0.3) is 11.4 Å². The summed E-state index contributed by atoms with van der Waals surface area (Å²) in [4.78, 5) is 17.4. The maximum absolute atomic E-state index is 13.2. The van der Waals surface area contributed by atoms with Gasteiger partial charge in [0.05, 0.1) is 36.5 Å². The van der Waals surface area contributed by atoms with Crippen molar-refractivity contribution in [2.45, 2.75) is 11.8 Å². The molecule has 1 amide bonds. The van der Waals surface area contributed by atoms with E-state index in [9.17, 15) is 13.2 Å². The first-order chi connectivity index (χ1) is 15.4. The van der Waals surface area contributed by atoms with Gasteiger partial charge in [0.2, 0.25) is 21.7 Å². The summed E-state index contributed by atoms with van der Waals surface area (Å²) in [7, 11) is -2.36. The molecule has 2 heterocycles. The first-order valence-corrected chi connectivity index (χ1v) is 11.3. The molecule has 0 bridgehead atoms. The number of sulfonamides is 1. The first kappa shape index (κ1) is 21.9. The molecule has 2 aromatic carbocycles. The van der Waals surface area contributed by atoms with Crippen molar-refractivity contribution in [3.63, 3.8) is 0 Å². The minimum absolute atomic E-state index is 0.00688. The summed E-state index contributed by atoms with van der Waals surface area (Å²) in [5, 5.41) is 6.70. The van der Waals surface area contributed by atoms with E-state index in [-0.39, 0.29) is 29.3 Å². The fourth-order valence-corrected chi connectivity index (χ4v) is 4.78. The molecule has 0 spiro atoms. The van der Waals surface area contributed by atoms with Crippen molar-refractivity contribution >= 4 is 21.6 Å². The number of anilines is 1. The number of benzene rings is 2. The number of methoxy groups -OCH3 is 1. The molecular formula is C21H22N4O6S. The Kier molecular flexibility index (Phi) is 6.21. The molecule has 3 aromatic rings. The van der Waals surface area contributed by atoms with Crippen LogP contribution in [0.2, 0.25) is 0 Å². The van der Waals surface area contributed by atoms with Gasteiger partial charge in [0, 0.05) is 25.6 Å². The van der Waals surface area contributed by atoms with Crippen molar-refractivity contribution in [3.8, 4) is 17.1 Å². The molecule has 0 unspecified atom stereocenters. The number of rotatable bonds is 6. The van der Waals surface area contributed by atoms with Crippen LogP contribution in [-0.4, -0.2) is 62.2 Å². The summed E-state index contributed by atoms with van der Waals surface area (Å²) in [5.74, 6) is 0.433. The van der Waals surface area contributed by atoms with Gasteiger partial charge in [-0.1, -0.05) is 17.3 Å². The van der Waals surface area contributed by atoms with Crippen LogP contribution < -0.4 is 10.1 Å². The Hall–Kier alpha value is -3.28. The Morgan fingerprint density at radius 3 is 2.59 bits per heavy atom. The molecule has 32 heavy (non-hydrogen) atoms. The Morgan fingerprint density at radius 2 is 1.91 bits per heavy atom. The van der Waals surface area contributed by atoms with Crippen LogP contribution in [0.3, 0.4) is 0 Å². The summed E-state index contributed by atoms with van der Waals surface area (Å²) in [6.45, 7) is 2.84. The number of morpholine rings is 1. The molecule has 0 saturated carbocycles. The number of aromatic nitrogens is 2. The van der Waals surface area contributed by atoms with E-state index >= 15 is 0 Å². The maximum Gasteiger partial charge on any atom is 0.259 e. The van der Waals surface area contributed by atoms with Gasteiger partial charge in [-0.05, 0) is 30.3 Å². The van der Waals surface area contributed by atoms with Crippen molar-refractivity contribution in [1.82, 2.24) is 14.4 Å². The van der Waals surface area contributed by atoms with Crippen molar-refractivity contribution in [2.24, 2.45) is 0 Å². The highest BCUT2D eigenvalue weighted by atomic mass is 32.2. The van der Waals surface area contributed by atoms with Gasteiger partial charge in [-0.2, -0.15) is 9.29 Å². The molecule has 1 saturated heterocycles. The van der Waals surface area contributed by atoms with Crippen LogP contribution in [0, 0.1) is 6.92 Å². The normalized spacial score (nSPS) is 14.8. The summed E-state index contributed by atoms with van der Waals surface area (Å²) >= 11 is 0. The zero-order chi connectivity index (χ0) is 22.7. The molecule has 0 atom stereocenters. The lowest BCUT2D eigenvalue weighted by Gasteiger charge is -2.26. The van der Waals surface area contributed by atoms with Gasteiger partial charge in [0.1, 0.15) is 5.75 Å². The number of aryl methyl sites for hydroxylation is 1. The molecule has 1 fully saturated rings. The minimum Gasteiger partial charge on any atom is -0.496 e. The first-order valence-electron chi connectivity index (χ1n) is 9.87. The van der Waals surface area contributed by atoms with Crippen LogP contribution in [-0.2, 0) is 14.8 Å². The van der Waals surface area contributed by atoms with Gasteiger partial charge in [-0.15, -0.1) is 0 Å². The number of carbonyl (C=O) groups is 1. The predicted octanol–water partition coefficient (Wildman–Crippen LogP) is 2.33. The average molecular weight is 458 g/mol. The monoisotopic (exact) mass is 458 g/mol. The fourth-order valence-electron chi connectivity index (χ4n) is 3.35. The maximum atomic E-state index is 13.2. The summed E-state index contributed by atoms with van der Waals surface area (Å²) in [6, 6.07) is 11.2. The zero-order valence-electron chi connectivity index (χ0n) is 17.6. The topological polar surface area (TPSA) is 124 Å². The predicted molar refractivity (Wildman–Crippen MR) is 115 cm³/mol. The Balaban J connectivity index is 1.67. The number of carbonyl (C=O) groups excluding carboxylic acids is 1. The van der Waals surface area contributed by atoms with E-state index in [1.165, 1.54) is 29.6 Å². The van der Waals surface area contributed by atoms with Gasteiger partial charge in [-0.3, -0.25) is 4.79 Å². The number of hydrogen-bond acceptors (Lipinski definition) is 8. The van der Waals surface area contributed by atoms with E-state index in [0.717, 1.165) is 0 Å². The summed E-state index contributed by atoms with van der Waals surface area (Å²) < 4.78 is 43.0. The Labute approximate surface area is 185 Å². The van der Waals surface area contributed by atoms with Crippen molar-refractivity contribution in [2.75, 3.05) is 38.7 Å². The highest BCUT2D eigenvalue weighted by Gasteiger charge is 2.28. The van der Waals surface area contributed by atoms with Crippen LogP contribution in [0.1, 0.15) is 16.2 Å². The number of ether oxygens (including phenoxy) is 2. The summed E-state index contributed by atoms with van der Waals surface area (Å²) in [6.07, 6.45) is 0. The zero-order valence-corrected chi connectivity index (χ0v) is 18.4. The van der Waals surface area contributed by atoms with E-state index in [1.54, 1.807) is 31.2 Å². The second kappa shape index (κ2) is 9.07. The molecule has 0 radical (unpaired) electrons. The molecule has 1 aliphatic heterocycles. The van der Waals surface area contributed by atoms with Gasteiger partial charge in [-0.25, -0.2) is 8.42 Å². The highest BCUT2D eigenvalue weighted by Crippen LogP contribution is 2.29. The summed E-state index contributed by atoms with van der Waals surface area (Å²) in [5.41, 5.74) is 1.09. The molecule has 0 aliphatic carbocycles. The van der Waals surface area contributed by atoms with E-state index in [4.69, 9.17) is 14.0 Å². The minimum atomic E-state index is -3.78. The second-order valence-corrected chi connectivity index (χ2v) is 8.95. The van der Waals surface area contributed by atoms with Crippen LogP contribution >= 0.6 is 0 Å². The lowest BCUT2D eigenvalue weighted by molar-refractivity contribution is 0.0730. The van der Waals surface area contributed by atoms with Gasteiger partial charge < -0.3 is 19.3 Å². The van der Waals surface area contributed by atoms with Gasteiger partial charge in [0.25, 0.3) is 5.91 Å². The van der Waals surface area contributed by atoms with Crippen LogP contribution in [0.15, 0.2) is 51.9 Å². The average Bonchev–Trinajstić information content (AvgIpc) is 3.25. The molecule has 1 aliphatic rings.